The first-order valence-electron chi connectivity index (χ1n) is 9.93. The molecule has 1 unspecified atom stereocenters. The number of benzene rings is 2. The van der Waals surface area contributed by atoms with E-state index >= 15 is 0 Å². The second-order valence-corrected chi connectivity index (χ2v) is 7.36. The van der Waals surface area contributed by atoms with Crippen molar-refractivity contribution in [1.82, 2.24) is 4.90 Å². The van der Waals surface area contributed by atoms with Gasteiger partial charge in [0.15, 0.2) is 28.8 Å². The van der Waals surface area contributed by atoms with E-state index in [4.69, 9.17) is 18.9 Å². The molecule has 0 amide bonds. The molecule has 1 fully saturated rings. The van der Waals surface area contributed by atoms with Gasteiger partial charge in [-0.25, -0.2) is 0 Å². The van der Waals surface area contributed by atoms with Gasteiger partial charge < -0.3 is 24.1 Å². The van der Waals surface area contributed by atoms with Crippen molar-refractivity contribution < 1.29 is 28.8 Å². The number of hydrogen-bond donors (Lipinski definition) is 1. The molecular weight excluding hydrogens is 386 g/mol. The van der Waals surface area contributed by atoms with Gasteiger partial charge in [-0.1, -0.05) is 0 Å². The Morgan fingerprint density at radius 2 is 1.60 bits per heavy atom. The molecule has 0 saturated carbocycles. The maximum absolute atomic E-state index is 13.1. The Morgan fingerprint density at radius 3 is 2.20 bits per heavy atom. The Labute approximate surface area is 177 Å². The van der Waals surface area contributed by atoms with Crippen LogP contribution in [0.15, 0.2) is 30.3 Å². The van der Waals surface area contributed by atoms with Crippen LogP contribution in [0.25, 0.3) is 0 Å². The van der Waals surface area contributed by atoms with Gasteiger partial charge in [-0.15, -0.1) is 0 Å². The largest absolute Gasteiger partial charge is 0.502 e. The fraction of sp³-hybridized carbons (Fsp3) is 0.435. The summed E-state index contributed by atoms with van der Waals surface area (Å²) in [5.41, 5.74) is 1.59. The number of carbonyl (C=O) groups excluding carboxylic acids is 1. The molecule has 7 nitrogen and oxygen atoms in total. The van der Waals surface area contributed by atoms with Gasteiger partial charge in [0, 0.05) is 24.6 Å². The number of nitrogens with zero attached hydrogens (tertiary/aromatic N) is 1. The summed E-state index contributed by atoms with van der Waals surface area (Å²) in [7, 11) is 6.16. The van der Waals surface area contributed by atoms with Crippen molar-refractivity contribution in [3.05, 3.63) is 41.5 Å². The first-order chi connectivity index (χ1) is 14.5. The Morgan fingerprint density at radius 1 is 0.967 bits per heavy atom. The number of carbonyl (C=O) groups is 1. The van der Waals surface area contributed by atoms with Crippen molar-refractivity contribution in [1.29, 1.82) is 0 Å². The van der Waals surface area contributed by atoms with Crippen LogP contribution in [0.4, 0.5) is 0 Å². The number of ether oxygens (including phenoxy) is 4. The monoisotopic (exact) mass is 415 g/mol. The lowest BCUT2D eigenvalue weighted by molar-refractivity contribution is 0.0811. The van der Waals surface area contributed by atoms with Gasteiger partial charge >= 0.3 is 0 Å². The molecule has 1 heterocycles. The van der Waals surface area contributed by atoms with Gasteiger partial charge in [-0.3, -0.25) is 9.69 Å². The van der Waals surface area contributed by atoms with Gasteiger partial charge in [0.25, 0.3) is 0 Å². The average Bonchev–Trinajstić information content (AvgIpc) is 2.79. The molecule has 162 valence electrons. The van der Waals surface area contributed by atoms with E-state index in [2.05, 4.69) is 4.90 Å². The lowest BCUT2D eigenvalue weighted by Gasteiger charge is -2.32. The van der Waals surface area contributed by atoms with E-state index in [-0.39, 0.29) is 17.5 Å². The average molecular weight is 415 g/mol. The summed E-state index contributed by atoms with van der Waals surface area (Å²) in [6, 6.07) is 8.91. The lowest BCUT2D eigenvalue weighted by atomic mass is 9.89. The normalized spacial score (nSPS) is 16.7. The van der Waals surface area contributed by atoms with Crippen LogP contribution in [0.3, 0.4) is 0 Å². The zero-order valence-corrected chi connectivity index (χ0v) is 17.9. The van der Waals surface area contributed by atoms with Crippen LogP contribution in [0.1, 0.15) is 28.8 Å². The third-order valence-corrected chi connectivity index (χ3v) is 5.49. The van der Waals surface area contributed by atoms with Crippen molar-refractivity contribution in [2.45, 2.75) is 19.4 Å². The van der Waals surface area contributed by atoms with Crippen molar-refractivity contribution in [2.24, 2.45) is 5.92 Å². The molecule has 7 heteroatoms. The predicted octanol–water partition coefficient (Wildman–Crippen LogP) is 3.52. The van der Waals surface area contributed by atoms with Crippen LogP contribution in [0, 0.1) is 5.92 Å². The SMILES string of the molecule is COc1ccc(C(=O)C2CCCN(Cc3cc(OC)c(O)c(OC)c3)C2)cc1OC. The molecule has 0 spiro atoms. The maximum Gasteiger partial charge on any atom is 0.200 e. The highest BCUT2D eigenvalue weighted by atomic mass is 16.5. The number of ketones is 1. The molecule has 1 N–H and O–H groups in total. The van der Waals surface area contributed by atoms with Gasteiger partial charge in [0.2, 0.25) is 5.75 Å². The lowest BCUT2D eigenvalue weighted by Crippen LogP contribution is -2.38. The number of methoxy groups -OCH3 is 4. The predicted molar refractivity (Wildman–Crippen MR) is 113 cm³/mol. The van der Waals surface area contributed by atoms with Crippen LogP contribution in [0.2, 0.25) is 0 Å². The number of phenolic OH excluding ortho intramolecular Hbond substituents is 1. The molecule has 0 aromatic heterocycles. The Bertz CT molecular complexity index is 872. The number of likely N-dealkylation sites (tertiary alicyclic amines) is 1. The first kappa shape index (κ1) is 21.8. The second-order valence-electron chi connectivity index (χ2n) is 7.36. The number of rotatable bonds is 8. The van der Waals surface area contributed by atoms with Gasteiger partial charge in [0.1, 0.15) is 0 Å². The van der Waals surface area contributed by atoms with E-state index in [0.29, 0.717) is 41.7 Å². The fourth-order valence-electron chi connectivity index (χ4n) is 3.94. The van der Waals surface area contributed by atoms with E-state index < -0.39 is 0 Å². The molecule has 0 radical (unpaired) electrons. The third-order valence-electron chi connectivity index (χ3n) is 5.49. The van der Waals surface area contributed by atoms with Gasteiger partial charge in [0.05, 0.1) is 28.4 Å². The zero-order chi connectivity index (χ0) is 21.7. The van der Waals surface area contributed by atoms with Gasteiger partial charge in [-0.05, 0) is 55.3 Å². The zero-order valence-electron chi connectivity index (χ0n) is 17.9. The smallest absolute Gasteiger partial charge is 0.200 e. The second kappa shape index (κ2) is 9.71. The summed E-state index contributed by atoms with van der Waals surface area (Å²) in [6.45, 7) is 2.21. The highest BCUT2D eigenvalue weighted by Crippen LogP contribution is 2.38. The number of piperidine rings is 1. The Balaban J connectivity index is 1.73. The first-order valence-corrected chi connectivity index (χ1v) is 9.93. The van der Waals surface area contributed by atoms with Crippen molar-refractivity contribution in [3.63, 3.8) is 0 Å². The summed E-state index contributed by atoms with van der Waals surface area (Å²) < 4.78 is 21.1. The summed E-state index contributed by atoms with van der Waals surface area (Å²) in [5.74, 6) is 1.93. The molecule has 1 saturated heterocycles. The Hall–Kier alpha value is -2.93. The van der Waals surface area contributed by atoms with Crippen LogP contribution in [-0.4, -0.2) is 57.3 Å². The van der Waals surface area contributed by atoms with Gasteiger partial charge in [-0.2, -0.15) is 0 Å². The van der Waals surface area contributed by atoms with Crippen LogP contribution >= 0.6 is 0 Å². The number of aromatic hydroxyl groups is 1. The van der Waals surface area contributed by atoms with Crippen LogP contribution in [0.5, 0.6) is 28.7 Å². The molecule has 2 aromatic carbocycles. The minimum atomic E-state index is -0.0854. The van der Waals surface area contributed by atoms with E-state index in [9.17, 15) is 9.90 Å². The molecule has 0 aliphatic carbocycles. The molecular formula is C23H29NO6. The summed E-state index contributed by atoms with van der Waals surface area (Å²) in [4.78, 5) is 15.4. The molecule has 1 atom stereocenters. The van der Waals surface area contributed by atoms with Crippen LogP contribution < -0.4 is 18.9 Å². The highest BCUT2D eigenvalue weighted by Gasteiger charge is 2.27. The quantitative estimate of drug-likeness (QED) is 0.661. The Kier molecular flexibility index (Phi) is 7.05. The fourth-order valence-corrected chi connectivity index (χ4v) is 3.94. The topological polar surface area (TPSA) is 77.5 Å². The maximum atomic E-state index is 13.1. The number of hydrogen-bond acceptors (Lipinski definition) is 7. The summed E-state index contributed by atoms with van der Waals surface area (Å²) in [6.07, 6.45) is 1.79. The molecule has 2 aromatic rings. The molecule has 0 bridgehead atoms. The van der Waals surface area contributed by atoms with E-state index in [1.165, 1.54) is 14.2 Å². The molecule has 30 heavy (non-hydrogen) atoms. The number of Topliss-reactive ketones (excluding diaryl/α,β-unsaturated/α-hetero) is 1. The van der Waals surface area contributed by atoms with Crippen molar-refractivity contribution in [3.8, 4) is 28.7 Å². The summed E-state index contributed by atoms with van der Waals surface area (Å²) >= 11 is 0. The van der Waals surface area contributed by atoms with E-state index in [1.807, 2.05) is 0 Å². The molecule has 3 rings (SSSR count). The van der Waals surface area contributed by atoms with E-state index in [1.54, 1.807) is 44.6 Å². The molecule has 1 aliphatic rings. The summed E-state index contributed by atoms with van der Waals surface area (Å²) in [5, 5.41) is 10.1. The van der Waals surface area contributed by atoms with E-state index in [0.717, 1.165) is 24.9 Å². The minimum Gasteiger partial charge on any atom is -0.502 e. The molecule has 1 aliphatic heterocycles. The van der Waals surface area contributed by atoms with Crippen LogP contribution in [-0.2, 0) is 6.54 Å². The van der Waals surface area contributed by atoms with Crippen molar-refractivity contribution in [2.75, 3.05) is 41.5 Å². The minimum absolute atomic E-state index is 0.0103. The highest BCUT2D eigenvalue weighted by molar-refractivity contribution is 5.98. The standard InChI is InChI=1S/C23H29NO6/c1-27-18-8-7-16(12-19(18)28-2)22(25)17-6-5-9-24(14-17)13-15-10-20(29-3)23(26)21(11-15)30-4/h7-8,10-12,17,26H,5-6,9,13-14H2,1-4H3. The van der Waals surface area contributed by atoms with Crippen molar-refractivity contribution >= 4 is 5.78 Å². The third kappa shape index (κ3) is 4.62. The number of phenols is 1.